The van der Waals surface area contributed by atoms with E-state index in [1.54, 1.807) is 42.5 Å². The summed E-state index contributed by atoms with van der Waals surface area (Å²) >= 11 is 1.18. The molecule has 0 radical (unpaired) electrons. The number of carbonyl (C=O) groups is 1. The van der Waals surface area contributed by atoms with Crippen LogP contribution in [0.15, 0.2) is 53.4 Å². The van der Waals surface area contributed by atoms with Gasteiger partial charge < -0.3 is 9.84 Å². The minimum absolute atomic E-state index is 0.141. The van der Waals surface area contributed by atoms with E-state index in [-0.39, 0.29) is 12.1 Å². The summed E-state index contributed by atoms with van der Waals surface area (Å²) in [4.78, 5) is 22.4. The van der Waals surface area contributed by atoms with Crippen molar-refractivity contribution in [3.05, 3.63) is 69.8 Å². The molecule has 2 aromatic carbocycles. The molecule has 0 saturated carbocycles. The Morgan fingerprint density at radius 2 is 1.92 bits per heavy atom. The Bertz CT molecular complexity index is 717. The van der Waals surface area contributed by atoms with Crippen LogP contribution in [0.25, 0.3) is 0 Å². The van der Waals surface area contributed by atoms with Gasteiger partial charge in [0.15, 0.2) is 0 Å². The lowest BCUT2D eigenvalue weighted by Gasteiger charge is -2.15. The van der Waals surface area contributed by atoms with E-state index in [1.807, 2.05) is 6.92 Å². The summed E-state index contributed by atoms with van der Waals surface area (Å²) in [7, 11) is 0. The van der Waals surface area contributed by atoms with Crippen molar-refractivity contribution in [1.29, 1.82) is 0 Å². The fraction of sp³-hybridized carbons (Fsp3) is 0.235. The molecular weight excluding hydrogens is 330 g/mol. The van der Waals surface area contributed by atoms with Gasteiger partial charge in [-0.25, -0.2) is 4.79 Å². The number of carboxylic acids is 1. The Balaban J connectivity index is 2.29. The molecule has 0 fully saturated rings. The van der Waals surface area contributed by atoms with Gasteiger partial charge in [-0.1, -0.05) is 24.3 Å². The predicted octanol–water partition coefficient (Wildman–Crippen LogP) is 3.89. The molecule has 0 aliphatic heterocycles. The van der Waals surface area contributed by atoms with Gasteiger partial charge in [-0.2, -0.15) is 0 Å². The maximum Gasteiger partial charge on any atom is 0.336 e. The third-order valence-corrected chi connectivity index (χ3v) is 4.58. The van der Waals surface area contributed by atoms with Gasteiger partial charge in [0.2, 0.25) is 6.54 Å². The maximum atomic E-state index is 11.3. The molecule has 2 rings (SSSR count). The molecular formula is C17H17NO5S. The third kappa shape index (κ3) is 4.73. The minimum atomic E-state index is -1.05. The summed E-state index contributed by atoms with van der Waals surface area (Å²) in [5, 5.41) is 19.8. The summed E-state index contributed by atoms with van der Waals surface area (Å²) in [6, 6.07) is 13.6. The van der Waals surface area contributed by atoms with E-state index in [0.29, 0.717) is 17.3 Å². The Morgan fingerprint density at radius 1 is 1.25 bits per heavy atom. The van der Waals surface area contributed by atoms with Crippen LogP contribution in [0.3, 0.4) is 0 Å². The molecule has 0 amide bonds. The second kappa shape index (κ2) is 8.35. The number of thioether (sulfide) groups is 1. The third-order valence-electron chi connectivity index (χ3n) is 3.26. The summed E-state index contributed by atoms with van der Waals surface area (Å²) in [5.74, 6) is -0.360. The normalized spacial score (nSPS) is 11.7. The first-order chi connectivity index (χ1) is 11.5. The molecule has 0 spiro atoms. The Hall–Kier alpha value is -2.54. The van der Waals surface area contributed by atoms with E-state index < -0.39 is 16.1 Å². The number of benzene rings is 2. The Labute approximate surface area is 143 Å². The number of aromatic carboxylic acids is 1. The second-order valence-electron chi connectivity index (χ2n) is 4.93. The number of hydrogen-bond acceptors (Lipinski definition) is 5. The summed E-state index contributed by atoms with van der Waals surface area (Å²) in [6.45, 7) is 2.12. The van der Waals surface area contributed by atoms with Crippen molar-refractivity contribution >= 4 is 17.7 Å². The molecule has 1 atom stereocenters. The van der Waals surface area contributed by atoms with Gasteiger partial charge in [0.1, 0.15) is 5.75 Å². The Morgan fingerprint density at radius 3 is 2.50 bits per heavy atom. The number of rotatable bonds is 8. The number of ether oxygens (including phenoxy) is 1. The van der Waals surface area contributed by atoms with E-state index in [0.717, 1.165) is 5.56 Å². The van der Waals surface area contributed by atoms with Gasteiger partial charge in [0.25, 0.3) is 0 Å². The van der Waals surface area contributed by atoms with Gasteiger partial charge in [-0.3, -0.25) is 10.1 Å². The van der Waals surface area contributed by atoms with Crippen molar-refractivity contribution in [2.75, 3.05) is 13.2 Å². The summed E-state index contributed by atoms with van der Waals surface area (Å²) in [5.41, 5.74) is 0.891. The standard InChI is InChI=1S/C17H17NO5S/c1-2-23-13-9-7-12(8-10-13)16(11-18(21)22)24-15-6-4-3-5-14(15)17(19)20/h3-10,16H,2,11H2,1H3,(H,19,20). The van der Waals surface area contributed by atoms with Crippen molar-refractivity contribution in [1.82, 2.24) is 0 Å². The zero-order chi connectivity index (χ0) is 17.5. The van der Waals surface area contributed by atoms with E-state index >= 15 is 0 Å². The molecule has 0 aliphatic rings. The SMILES string of the molecule is CCOc1ccc(C(C[N+](=O)[O-])Sc2ccccc2C(=O)O)cc1. The van der Waals surface area contributed by atoms with E-state index in [1.165, 1.54) is 17.8 Å². The molecule has 1 N–H and O–H groups in total. The van der Waals surface area contributed by atoms with Gasteiger partial charge in [0, 0.05) is 9.82 Å². The van der Waals surface area contributed by atoms with E-state index in [9.17, 15) is 20.0 Å². The first kappa shape index (κ1) is 17.8. The highest BCUT2D eigenvalue weighted by Crippen LogP contribution is 2.37. The molecule has 0 aromatic heterocycles. The quantitative estimate of drug-likeness (QED) is 0.442. The van der Waals surface area contributed by atoms with Crippen molar-refractivity contribution < 1.29 is 19.6 Å². The highest BCUT2D eigenvalue weighted by Gasteiger charge is 2.22. The lowest BCUT2D eigenvalue weighted by atomic mass is 10.1. The first-order valence-electron chi connectivity index (χ1n) is 7.34. The maximum absolute atomic E-state index is 11.3. The predicted molar refractivity (Wildman–Crippen MR) is 91.5 cm³/mol. The highest BCUT2D eigenvalue weighted by atomic mass is 32.2. The van der Waals surface area contributed by atoms with Gasteiger partial charge in [-0.05, 0) is 36.8 Å². The van der Waals surface area contributed by atoms with Crippen LogP contribution in [0, 0.1) is 10.1 Å². The molecule has 2 aromatic rings. The zero-order valence-electron chi connectivity index (χ0n) is 13.0. The minimum Gasteiger partial charge on any atom is -0.494 e. The molecule has 0 aliphatic carbocycles. The lowest BCUT2D eigenvalue weighted by Crippen LogP contribution is -2.10. The smallest absolute Gasteiger partial charge is 0.336 e. The molecule has 0 saturated heterocycles. The van der Waals surface area contributed by atoms with Crippen LogP contribution in [-0.2, 0) is 0 Å². The van der Waals surface area contributed by atoms with Crippen LogP contribution < -0.4 is 4.74 Å². The molecule has 6 nitrogen and oxygen atoms in total. The van der Waals surface area contributed by atoms with Crippen LogP contribution in [-0.4, -0.2) is 29.2 Å². The lowest BCUT2D eigenvalue weighted by molar-refractivity contribution is -0.479. The summed E-state index contributed by atoms with van der Waals surface area (Å²) in [6.07, 6.45) is 0. The first-order valence-corrected chi connectivity index (χ1v) is 8.22. The molecule has 0 bridgehead atoms. The average molecular weight is 347 g/mol. The second-order valence-corrected chi connectivity index (χ2v) is 6.17. The fourth-order valence-corrected chi connectivity index (χ4v) is 3.43. The largest absolute Gasteiger partial charge is 0.494 e. The molecule has 126 valence electrons. The van der Waals surface area contributed by atoms with Crippen LogP contribution in [0.4, 0.5) is 0 Å². The van der Waals surface area contributed by atoms with Gasteiger partial charge >= 0.3 is 5.97 Å². The molecule has 7 heteroatoms. The number of carboxylic acid groups (broad SMARTS) is 1. The van der Waals surface area contributed by atoms with Crippen LogP contribution in [0.1, 0.15) is 28.1 Å². The van der Waals surface area contributed by atoms with Crippen molar-refractivity contribution in [2.24, 2.45) is 0 Å². The summed E-state index contributed by atoms with van der Waals surface area (Å²) < 4.78 is 5.37. The molecule has 1 unspecified atom stereocenters. The highest BCUT2D eigenvalue weighted by molar-refractivity contribution is 7.99. The topological polar surface area (TPSA) is 89.7 Å². The van der Waals surface area contributed by atoms with E-state index in [2.05, 4.69) is 0 Å². The van der Waals surface area contributed by atoms with Gasteiger partial charge in [-0.15, -0.1) is 11.8 Å². The number of hydrogen-bond donors (Lipinski definition) is 1. The fourth-order valence-electron chi connectivity index (χ4n) is 2.19. The van der Waals surface area contributed by atoms with Crippen LogP contribution in [0.5, 0.6) is 5.75 Å². The van der Waals surface area contributed by atoms with Crippen LogP contribution in [0.2, 0.25) is 0 Å². The number of nitro groups is 1. The van der Waals surface area contributed by atoms with Crippen LogP contribution >= 0.6 is 11.8 Å². The average Bonchev–Trinajstić information content (AvgIpc) is 2.55. The van der Waals surface area contributed by atoms with Crippen molar-refractivity contribution in [3.8, 4) is 5.75 Å². The Kier molecular flexibility index (Phi) is 6.20. The molecule has 24 heavy (non-hydrogen) atoms. The van der Waals surface area contributed by atoms with Gasteiger partial charge in [0.05, 0.1) is 17.4 Å². The number of nitrogens with zero attached hydrogens (tertiary/aromatic N) is 1. The monoisotopic (exact) mass is 347 g/mol. The molecule has 0 heterocycles. The van der Waals surface area contributed by atoms with Crippen molar-refractivity contribution in [2.45, 2.75) is 17.1 Å². The van der Waals surface area contributed by atoms with E-state index in [4.69, 9.17) is 4.74 Å². The van der Waals surface area contributed by atoms with Crippen molar-refractivity contribution in [3.63, 3.8) is 0 Å². The zero-order valence-corrected chi connectivity index (χ0v) is 13.9.